The highest BCUT2D eigenvalue weighted by Gasteiger charge is 2.27. The first-order valence-electron chi connectivity index (χ1n) is 10.00. The molecule has 168 valence electrons. The van der Waals surface area contributed by atoms with Crippen LogP contribution in [0.2, 0.25) is 0 Å². The number of hydrogen-bond acceptors (Lipinski definition) is 6. The molecule has 1 N–H and O–H groups in total. The highest BCUT2D eigenvalue weighted by Crippen LogP contribution is 2.33. The standard InChI is InChI=1S/C22H28N2O6S/c1-16-4-6-19(7-5-16)30-15-22(25)23-9-11-31(26,27)24-10-8-17-12-20(28-2)21(29-3)13-18(17)14-24/h4-7,12-13H,8-11,14-15H2,1-3H3,(H,23,25). The lowest BCUT2D eigenvalue weighted by Crippen LogP contribution is -2.41. The van der Waals surface area contributed by atoms with Crippen LogP contribution in [0.3, 0.4) is 0 Å². The summed E-state index contributed by atoms with van der Waals surface area (Å²) in [5.41, 5.74) is 3.04. The molecule has 2 aromatic rings. The SMILES string of the molecule is COc1cc2c(cc1OC)CN(S(=O)(=O)CCNC(=O)COc1ccc(C)cc1)CC2. The second-order valence-corrected chi connectivity index (χ2v) is 9.42. The number of hydrogen-bond donors (Lipinski definition) is 1. The van der Waals surface area contributed by atoms with Gasteiger partial charge in [0.2, 0.25) is 10.0 Å². The van der Waals surface area contributed by atoms with Crippen molar-refractivity contribution in [1.29, 1.82) is 0 Å². The molecule has 3 rings (SSSR count). The molecule has 0 bridgehead atoms. The van der Waals surface area contributed by atoms with Gasteiger partial charge in [0.05, 0.1) is 20.0 Å². The van der Waals surface area contributed by atoms with Crippen molar-refractivity contribution in [2.75, 3.05) is 39.7 Å². The fourth-order valence-electron chi connectivity index (χ4n) is 3.38. The molecule has 1 aliphatic heterocycles. The summed E-state index contributed by atoms with van der Waals surface area (Å²) in [6.07, 6.45) is 0.589. The predicted octanol–water partition coefficient (Wildman–Crippen LogP) is 1.90. The van der Waals surface area contributed by atoms with Crippen LogP contribution in [0.4, 0.5) is 0 Å². The number of rotatable bonds is 9. The average Bonchev–Trinajstić information content (AvgIpc) is 2.77. The fourth-order valence-corrected chi connectivity index (χ4v) is 4.70. The van der Waals surface area contributed by atoms with Crippen molar-refractivity contribution in [2.45, 2.75) is 19.9 Å². The van der Waals surface area contributed by atoms with Gasteiger partial charge >= 0.3 is 0 Å². The third-order valence-corrected chi connectivity index (χ3v) is 6.97. The van der Waals surface area contributed by atoms with Gasteiger partial charge in [0.15, 0.2) is 18.1 Å². The molecule has 0 radical (unpaired) electrons. The lowest BCUT2D eigenvalue weighted by molar-refractivity contribution is -0.122. The largest absolute Gasteiger partial charge is 0.493 e. The number of ether oxygens (including phenoxy) is 3. The zero-order valence-electron chi connectivity index (χ0n) is 18.0. The Kier molecular flexibility index (Phi) is 7.40. The van der Waals surface area contributed by atoms with Crippen molar-refractivity contribution < 1.29 is 27.4 Å². The molecule has 1 aliphatic rings. The summed E-state index contributed by atoms with van der Waals surface area (Å²) in [7, 11) is -0.401. The molecular weight excluding hydrogens is 420 g/mol. The molecular formula is C22H28N2O6S. The molecule has 31 heavy (non-hydrogen) atoms. The van der Waals surface area contributed by atoms with Crippen LogP contribution < -0.4 is 19.5 Å². The van der Waals surface area contributed by atoms with Gasteiger partial charge in [-0.1, -0.05) is 17.7 Å². The van der Waals surface area contributed by atoms with E-state index in [0.717, 1.165) is 16.7 Å². The topological polar surface area (TPSA) is 94.2 Å². The Morgan fingerprint density at radius 3 is 2.35 bits per heavy atom. The number of aryl methyl sites for hydroxylation is 1. The summed E-state index contributed by atoms with van der Waals surface area (Å²) >= 11 is 0. The summed E-state index contributed by atoms with van der Waals surface area (Å²) < 4.78 is 43.0. The number of methoxy groups -OCH3 is 2. The minimum absolute atomic E-state index is 0.0215. The first-order valence-corrected chi connectivity index (χ1v) is 11.6. The fraction of sp³-hybridized carbons (Fsp3) is 0.409. The zero-order chi connectivity index (χ0) is 22.4. The van der Waals surface area contributed by atoms with Crippen molar-refractivity contribution >= 4 is 15.9 Å². The van der Waals surface area contributed by atoms with Crippen molar-refractivity contribution in [3.63, 3.8) is 0 Å². The van der Waals surface area contributed by atoms with E-state index in [-0.39, 0.29) is 31.4 Å². The Bertz CT molecular complexity index is 1020. The quantitative estimate of drug-likeness (QED) is 0.630. The summed E-state index contributed by atoms with van der Waals surface area (Å²) in [4.78, 5) is 12.0. The summed E-state index contributed by atoms with van der Waals surface area (Å²) in [6, 6.07) is 11.1. The van der Waals surface area contributed by atoms with Gasteiger partial charge in [0.1, 0.15) is 5.75 Å². The summed E-state index contributed by atoms with van der Waals surface area (Å²) in [6.45, 7) is 2.47. The Hall–Kier alpha value is -2.78. The van der Waals surface area contributed by atoms with E-state index in [9.17, 15) is 13.2 Å². The molecule has 0 atom stereocenters. The summed E-state index contributed by atoms with van der Waals surface area (Å²) in [5, 5.41) is 2.61. The number of fused-ring (bicyclic) bond motifs is 1. The van der Waals surface area contributed by atoms with Crippen LogP contribution in [0.25, 0.3) is 0 Å². The second-order valence-electron chi connectivity index (χ2n) is 7.33. The van der Waals surface area contributed by atoms with Gasteiger partial charge in [-0.15, -0.1) is 0 Å². The van der Waals surface area contributed by atoms with Crippen molar-refractivity contribution in [3.05, 3.63) is 53.1 Å². The average molecular weight is 449 g/mol. The van der Waals surface area contributed by atoms with Crippen LogP contribution in [0.1, 0.15) is 16.7 Å². The third kappa shape index (κ3) is 5.89. The molecule has 1 amide bonds. The highest BCUT2D eigenvalue weighted by molar-refractivity contribution is 7.89. The van der Waals surface area contributed by atoms with Crippen molar-refractivity contribution in [1.82, 2.24) is 9.62 Å². The van der Waals surface area contributed by atoms with Crippen LogP contribution in [0.15, 0.2) is 36.4 Å². The van der Waals surface area contributed by atoms with Gasteiger partial charge in [-0.05, 0) is 48.7 Å². The lowest BCUT2D eigenvalue weighted by Gasteiger charge is -2.29. The number of nitrogens with one attached hydrogen (secondary N) is 1. The number of nitrogens with zero attached hydrogens (tertiary/aromatic N) is 1. The van der Waals surface area contributed by atoms with E-state index in [2.05, 4.69) is 5.32 Å². The van der Waals surface area contributed by atoms with Gasteiger partial charge in [0, 0.05) is 19.6 Å². The van der Waals surface area contributed by atoms with Gasteiger partial charge in [-0.2, -0.15) is 4.31 Å². The van der Waals surface area contributed by atoms with E-state index in [1.54, 1.807) is 26.4 Å². The van der Waals surface area contributed by atoms with Crippen LogP contribution in [0, 0.1) is 6.92 Å². The second kappa shape index (κ2) is 10.0. The molecule has 0 spiro atoms. The monoisotopic (exact) mass is 448 g/mol. The van der Waals surface area contributed by atoms with Crippen LogP contribution in [-0.4, -0.2) is 58.3 Å². The van der Waals surface area contributed by atoms with Gasteiger partial charge < -0.3 is 19.5 Å². The first-order chi connectivity index (χ1) is 14.8. The molecule has 9 heteroatoms. The third-order valence-electron chi connectivity index (χ3n) is 5.15. The van der Waals surface area contributed by atoms with Crippen LogP contribution in [0.5, 0.6) is 17.2 Å². The normalized spacial score (nSPS) is 13.9. The van der Waals surface area contributed by atoms with E-state index in [0.29, 0.717) is 30.2 Å². The molecule has 0 unspecified atom stereocenters. The maximum absolute atomic E-state index is 12.8. The van der Waals surface area contributed by atoms with Gasteiger partial charge in [-0.25, -0.2) is 8.42 Å². The van der Waals surface area contributed by atoms with Gasteiger partial charge in [0.25, 0.3) is 5.91 Å². The van der Waals surface area contributed by atoms with E-state index in [1.165, 1.54) is 4.31 Å². The van der Waals surface area contributed by atoms with E-state index in [4.69, 9.17) is 14.2 Å². The maximum Gasteiger partial charge on any atom is 0.257 e. The minimum Gasteiger partial charge on any atom is -0.493 e. The van der Waals surface area contributed by atoms with Gasteiger partial charge in [-0.3, -0.25) is 4.79 Å². The Balaban J connectivity index is 1.50. The lowest BCUT2D eigenvalue weighted by atomic mass is 10.0. The minimum atomic E-state index is -3.52. The highest BCUT2D eigenvalue weighted by atomic mass is 32.2. The molecule has 1 heterocycles. The van der Waals surface area contributed by atoms with Crippen LogP contribution >= 0.6 is 0 Å². The Morgan fingerprint density at radius 2 is 1.71 bits per heavy atom. The number of carbonyl (C=O) groups excluding carboxylic acids is 1. The predicted molar refractivity (Wildman–Crippen MR) is 117 cm³/mol. The molecule has 0 aliphatic carbocycles. The molecule has 0 saturated carbocycles. The first kappa shape index (κ1) is 22.9. The molecule has 8 nitrogen and oxygen atoms in total. The molecule has 0 aromatic heterocycles. The molecule has 0 fully saturated rings. The number of amides is 1. The maximum atomic E-state index is 12.8. The van der Waals surface area contributed by atoms with E-state index in [1.807, 2.05) is 31.2 Å². The Morgan fingerprint density at radius 1 is 1.06 bits per heavy atom. The molecule has 0 saturated heterocycles. The zero-order valence-corrected chi connectivity index (χ0v) is 18.8. The van der Waals surface area contributed by atoms with Crippen molar-refractivity contribution in [3.8, 4) is 17.2 Å². The van der Waals surface area contributed by atoms with E-state index < -0.39 is 10.0 Å². The summed E-state index contributed by atoms with van der Waals surface area (Å²) in [5.74, 6) is 1.25. The van der Waals surface area contributed by atoms with E-state index >= 15 is 0 Å². The van der Waals surface area contributed by atoms with Crippen molar-refractivity contribution in [2.24, 2.45) is 0 Å². The molecule has 2 aromatic carbocycles. The van der Waals surface area contributed by atoms with Crippen LogP contribution in [-0.2, 0) is 27.8 Å². The number of sulfonamides is 1. The number of carbonyl (C=O) groups is 1. The number of benzene rings is 2. The smallest absolute Gasteiger partial charge is 0.257 e. The Labute approximate surface area is 183 Å².